The molecule has 1 heterocycles. The van der Waals surface area contributed by atoms with Gasteiger partial charge in [-0.25, -0.2) is 12.7 Å². The topological polar surface area (TPSA) is 57.6 Å². The molecule has 2 rings (SSSR count). The number of piperidine rings is 1. The Balaban J connectivity index is 1.90. The number of hydrogen-bond acceptors (Lipinski definition) is 3. The van der Waals surface area contributed by atoms with Crippen molar-refractivity contribution in [1.29, 1.82) is 0 Å². The zero-order valence-electron chi connectivity index (χ0n) is 14.4. The Labute approximate surface area is 140 Å². The summed E-state index contributed by atoms with van der Waals surface area (Å²) in [6.45, 7) is 7.21. The van der Waals surface area contributed by atoms with Crippen LogP contribution >= 0.6 is 0 Å². The van der Waals surface area contributed by atoms with Gasteiger partial charge in [-0.05, 0) is 36.2 Å². The van der Waals surface area contributed by atoms with Crippen LogP contribution in [0.15, 0.2) is 30.3 Å². The second kappa shape index (κ2) is 7.32. The molecule has 1 N–H and O–H groups in total. The highest BCUT2D eigenvalue weighted by atomic mass is 32.2. The first-order valence-corrected chi connectivity index (χ1v) is 10.0. The minimum atomic E-state index is -3.18. The standard InChI is InChI=1S/C18H29NO3S/c1-18(2,3)11-14-23(21,22)19-12-9-16(10-13-19)17(20)15-7-5-4-6-8-15/h4-8,16-17,20H,9-14H2,1-3H3. The van der Waals surface area contributed by atoms with Gasteiger partial charge in [0.05, 0.1) is 11.9 Å². The molecule has 1 aromatic carbocycles. The van der Waals surface area contributed by atoms with Gasteiger partial charge in [0.15, 0.2) is 0 Å². The van der Waals surface area contributed by atoms with E-state index in [-0.39, 0.29) is 17.1 Å². The van der Waals surface area contributed by atoms with Crippen LogP contribution in [0, 0.1) is 11.3 Å². The Bertz CT molecular complexity index is 584. The number of nitrogens with zero attached hydrogens (tertiary/aromatic N) is 1. The lowest BCUT2D eigenvalue weighted by Crippen LogP contribution is -2.41. The molecule has 1 aromatic rings. The molecular weight excluding hydrogens is 310 g/mol. The number of aliphatic hydroxyl groups is 1. The maximum atomic E-state index is 12.4. The van der Waals surface area contributed by atoms with E-state index in [1.807, 2.05) is 30.3 Å². The third-order valence-electron chi connectivity index (χ3n) is 4.59. The van der Waals surface area contributed by atoms with Crippen LogP contribution in [0.2, 0.25) is 0 Å². The molecule has 130 valence electrons. The SMILES string of the molecule is CC(C)(C)CCS(=O)(=O)N1CCC(C(O)c2ccccc2)CC1. The quantitative estimate of drug-likeness (QED) is 0.896. The highest BCUT2D eigenvalue weighted by Gasteiger charge is 2.32. The van der Waals surface area contributed by atoms with Gasteiger partial charge >= 0.3 is 0 Å². The van der Waals surface area contributed by atoms with E-state index in [1.165, 1.54) is 0 Å². The Morgan fingerprint density at radius 3 is 2.26 bits per heavy atom. The van der Waals surface area contributed by atoms with E-state index in [0.29, 0.717) is 32.4 Å². The summed E-state index contributed by atoms with van der Waals surface area (Å²) in [4.78, 5) is 0. The van der Waals surface area contributed by atoms with Crippen molar-refractivity contribution in [1.82, 2.24) is 4.31 Å². The van der Waals surface area contributed by atoms with Gasteiger partial charge in [0.1, 0.15) is 0 Å². The largest absolute Gasteiger partial charge is 0.388 e. The molecule has 0 aliphatic carbocycles. The molecule has 0 radical (unpaired) electrons. The third-order valence-corrected chi connectivity index (χ3v) is 6.46. The molecule has 5 heteroatoms. The van der Waals surface area contributed by atoms with Crippen molar-refractivity contribution in [2.75, 3.05) is 18.8 Å². The van der Waals surface area contributed by atoms with Crippen molar-refractivity contribution in [3.63, 3.8) is 0 Å². The lowest BCUT2D eigenvalue weighted by Gasteiger charge is -2.34. The van der Waals surface area contributed by atoms with Crippen LogP contribution < -0.4 is 0 Å². The fraction of sp³-hybridized carbons (Fsp3) is 0.667. The van der Waals surface area contributed by atoms with Gasteiger partial charge in [-0.15, -0.1) is 0 Å². The molecule has 0 bridgehead atoms. The molecular formula is C18H29NO3S. The fourth-order valence-corrected chi connectivity index (χ4v) is 4.85. The number of benzene rings is 1. The van der Waals surface area contributed by atoms with Gasteiger partial charge < -0.3 is 5.11 Å². The number of aliphatic hydroxyl groups excluding tert-OH is 1. The van der Waals surface area contributed by atoms with Crippen molar-refractivity contribution in [2.45, 2.75) is 46.1 Å². The van der Waals surface area contributed by atoms with Crippen molar-refractivity contribution in [3.8, 4) is 0 Å². The van der Waals surface area contributed by atoms with E-state index < -0.39 is 16.1 Å². The summed E-state index contributed by atoms with van der Waals surface area (Å²) < 4.78 is 26.5. The van der Waals surface area contributed by atoms with Crippen LogP contribution in [0.3, 0.4) is 0 Å². The van der Waals surface area contributed by atoms with Crippen LogP contribution in [0.5, 0.6) is 0 Å². The third kappa shape index (κ3) is 5.30. The molecule has 23 heavy (non-hydrogen) atoms. The van der Waals surface area contributed by atoms with Crippen molar-refractivity contribution in [2.24, 2.45) is 11.3 Å². The second-order valence-corrected chi connectivity index (χ2v) is 9.81. The minimum absolute atomic E-state index is 0.0227. The Hall–Kier alpha value is -0.910. The molecule has 0 amide bonds. The highest BCUT2D eigenvalue weighted by molar-refractivity contribution is 7.89. The lowest BCUT2D eigenvalue weighted by molar-refractivity contribution is 0.0760. The van der Waals surface area contributed by atoms with Gasteiger partial charge in [0, 0.05) is 13.1 Å². The second-order valence-electron chi connectivity index (χ2n) is 7.72. The van der Waals surface area contributed by atoms with Gasteiger partial charge in [0.2, 0.25) is 10.0 Å². The van der Waals surface area contributed by atoms with Crippen molar-refractivity contribution < 1.29 is 13.5 Å². The summed E-state index contributed by atoms with van der Waals surface area (Å²) in [6, 6.07) is 9.63. The monoisotopic (exact) mass is 339 g/mol. The Kier molecular flexibility index (Phi) is 5.87. The predicted molar refractivity (Wildman–Crippen MR) is 93.6 cm³/mol. The van der Waals surface area contributed by atoms with Gasteiger partial charge in [0.25, 0.3) is 0 Å². The zero-order chi connectivity index (χ0) is 17.1. The smallest absolute Gasteiger partial charge is 0.214 e. The van der Waals surface area contributed by atoms with E-state index in [2.05, 4.69) is 20.8 Å². The van der Waals surface area contributed by atoms with Crippen LogP contribution in [0.25, 0.3) is 0 Å². The summed E-state index contributed by atoms with van der Waals surface area (Å²) in [6.07, 6.45) is 1.59. The van der Waals surface area contributed by atoms with Gasteiger partial charge in [-0.1, -0.05) is 51.1 Å². The lowest BCUT2D eigenvalue weighted by atomic mass is 9.88. The fourth-order valence-electron chi connectivity index (χ4n) is 2.96. The Morgan fingerprint density at radius 2 is 1.74 bits per heavy atom. The number of sulfonamides is 1. The molecule has 0 aromatic heterocycles. The number of rotatable bonds is 5. The summed E-state index contributed by atoms with van der Waals surface area (Å²) in [5.74, 6) is 0.342. The molecule has 0 saturated carbocycles. The van der Waals surface area contributed by atoms with E-state index in [4.69, 9.17) is 0 Å². The molecule has 1 unspecified atom stereocenters. The molecule has 1 aliphatic heterocycles. The maximum Gasteiger partial charge on any atom is 0.214 e. The number of hydrogen-bond donors (Lipinski definition) is 1. The van der Waals surface area contributed by atoms with E-state index >= 15 is 0 Å². The average molecular weight is 340 g/mol. The van der Waals surface area contributed by atoms with Crippen LogP contribution in [0.1, 0.15) is 51.7 Å². The summed E-state index contributed by atoms with van der Waals surface area (Å²) in [5, 5.41) is 10.5. The molecule has 1 atom stereocenters. The zero-order valence-corrected chi connectivity index (χ0v) is 15.2. The van der Waals surface area contributed by atoms with Crippen LogP contribution in [0.4, 0.5) is 0 Å². The normalized spacial score (nSPS) is 19.7. The van der Waals surface area contributed by atoms with E-state index in [0.717, 1.165) is 5.56 Å². The minimum Gasteiger partial charge on any atom is -0.388 e. The molecule has 1 saturated heterocycles. The van der Waals surface area contributed by atoms with Gasteiger partial charge in [-0.2, -0.15) is 0 Å². The van der Waals surface area contributed by atoms with Crippen molar-refractivity contribution in [3.05, 3.63) is 35.9 Å². The highest BCUT2D eigenvalue weighted by Crippen LogP contribution is 2.32. The van der Waals surface area contributed by atoms with Crippen LogP contribution in [-0.4, -0.2) is 36.7 Å². The van der Waals surface area contributed by atoms with E-state index in [9.17, 15) is 13.5 Å². The summed E-state index contributed by atoms with van der Waals surface area (Å²) in [5.41, 5.74) is 0.941. The predicted octanol–water partition coefficient (Wildman–Crippen LogP) is 3.20. The first-order chi connectivity index (χ1) is 10.7. The molecule has 1 aliphatic rings. The maximum absolute atomic E-state index is 12.4. The van der Waals surface area contributed by atoms with Crippen molar-refractivity contribution >= 4 is 10.0 Å². The molecule has 0 spiro atoms. The molecule has 1 fully saturated rings. The summed E-state index contributed by atoms with van der Waals surface area (Å²) in [7, 11) is -3.18. The van der Waals surface area contributed by atoms with Gasteiger partial charge in [-0.3, -0.25) is 0 Å². The molecule has 4 nitrogen and oxygen atoms in total. The average Bonchev–Trinajstić information content (AvgIpc) is 2.53. The first-order valence-electron chi connectivity index (χ1n) is 8.40. The first kappa shape index (κ1) is 18.4. The van der Waals surface area contributed by atoms with Crippen LogP contribution in [-0.2, 0) is 10.0 Å². The summed E-state index contributed by atoms with van der Waals surface area (Å²) >= 11 is 0. The van der Waals surface area contributed by atoms with E-state index in [1.54, 1.807) is 4.31 Å². The Morgan fingerprint density at radius 1 is 1.17 bits per heavy atom.